The summed E-state index contributed by atoms with van der Waals surface area (Å²) in [6, 6.07) is 6.36. The van der Waals surface area contributed by atoms with Gasteiger partial charge in [-0.05, 0) is 63.3 Å². The van der Waals surface area contributed by atoms with Gasteiger partial charge < -0.3 is 8.97 Å². The fourth-order valence-electron chi connectivity index (χ4n) is 2.81. The maximum atomic E-state index is 12.4. The highest BCUT2D eigenvalue weighted by Crippen LogP contribution is 2.37. The molecule has 1 aliphatic carbocycles. The van der Waals surface area contributed by atoms with E-state index in [-0.39, 0.29) is 10.8 Å². The lowest BCUT2D eigenvalue weighted by Gasteiger charge is -2.31. The highest BCUT2D eigenvalue weighted by molar-refractivity contribution is 7.90. The van der Waals surface area contributed by atoms with E-state index in [2.05, 4.69) is 10.8 Å². The van der Waals surface area contributed by atoms with Crippen LogP contribution in [0.25, 0.3) is 11.0 Å². The molecule has 0 saturated carbocycles. The largest absolute Gasteiger partial charge is 0.598 e. The van der Waals surface area contributed by atoms with Gasteiger partial charge in [-0.1, -0.05) is 6.07 Å². The zero-order chi connectivity index (χ0) is 14.3. The molecule has 3 nitrogen and oxygen atoms in total. The number of aryl methyl sites for hydroxylation is 1. The van der Waals surface area contributed by atoms with Crippen LogP contribution in [-0.2, 0) is 17.8 Å². The third-order valence-electron chi connectivity index (χ3n) is 3.86. The van der Waals surface area contributed by atoms with Gasteiger partial charge in [0.15, 0.2) is 0 Å². The second kappa shape index (κ2) is 5.10. The first-order valence-electron chi connectivity index (χ1n) is 7.14. The standard InChI is InChI=1S/C16H21NO2S/c1-16(2,3)20(18)17-13-6-4-5-11-7-8-14-12(15(11)13)9-10-19-14/h7-10,13,17H,4-6H2,1-3H3/t13-,20?/m1/s1. The molecule has 1 aromatic heterocycles. The van der Waals surface area contributed by atoms with Crippen LogP contribution in [0, 0.1) is 0 Å². The molecule has 20 heavy (non-hydrogen) atoms. The summed E-state index contributed by atoms with van der Waals surface area (Å²) in [6.07, 6.45) is 4.99. The molecule has 1 aliphatic rings. The molecule has 0 saturated heterocycles. The topological polar surface area (TPSA) is 48.2 Å². The number of benzene rings is 1. The Morgan fingerprint density at radius 2 is 2.10 bits per heavy atom. The average Bonchev–Trinajstić information content (AvgIpc) is 2.85. The number of fused-ring (bicyclic) bond motifs is 3. The first kappa shape index (κ1) is 14.0. The summed E-state index contributed by atoms with van der Waals surface area (Å²) in [5.41, 5.74) is 3.55. The monoisotopic (exact) mass is 291 g/mol. The third kappa shape index (κ3) is 2.48. The van der Waals surface area contributed by atoms with E-state index in [0.717, 1.165) is 30.2 Å². The van der Waals surface area contributed by atoms with E-state index in [0.29, 0.717) is 0 Å². The normalized spacial score (nSPS) is 20.9. The smallest absolute Gasteiger partial charge is 0.136 e. The van der Waals surface area contributed by atoms with Crippen LogP contribution in [0.2, 0.25) is 0 Å². The van der Waals surface area contributed by atoms with Crippen molar-refractivity contribution in [2.75, 3.05) is 0 Å². The summed E-state index contributed by atoms with van der Waals surface area (Å²) in [5, 5.41) is 1.16. The fraction of sp³-hybridized carbons (Fsp3) is 0.500. The highest BCUT2D eigenvalue weighted by Gasteiger charge is 2.32. The van der Waals surface area contributed by atoms with Gasteiger partial charge in [0, 0.05) is 16.7 Å². The van der Waals surface area contributed by atoms with Crippen LogP contribution in [0.3, 0.4) is 0 Å². The Morgan fingerprint density at radius 1 is 1.30 bits per heavy atom. The van der Waals surface area contributed by atoms with E-state index < -0.39 is 11.4 Å². The lowest BCUT2D eigenvalue weighted by Crippen LogP contribution is -2.42. The van der Waals surface area contributed by atoms with Crippen molar-refractivity contribution in [2.24, 2.45) is 0 Å². The van der Waals surface area contributed by atoms with Gasteiger partial charge in [-0.15, -0.1) is 4.72 Å². The molecule has 1 heterocycles. The Hall–Kier alpha value is -0.970. The summed E-state index contributed by atoms with van der Waals surface area (Å²) in [5.74, 6) is 0. The minimum atomic E-state index is -1.05. The van der Waals surface area contributed by atoms with Crippen molar-refractivity contribution < 1.29 is 8.97 Å². The number of hydrogen-bond acceptors (Lipinski definition) is 3. The Bertz CT molecular complexity index is 614. The predicted octanol–water partition coefficient (Wildman–Crippen LogP) is 3.86. The third-order valence-corrected chi connectivity index (χ3v) is 5.47. The van der Waals surface area contributed by atoms with E-state index >= 15 is 0 Å². The summed E-state index contributed by atoms with van der Waals surface area (Å²) in [6.45, 7) is 5.99. The Morgan fingerprint density at radius 3 is 2.85 bits per heavy atom. The summed E-state index contributed by atoms with van der Waals surface area (Å²) >= 11 is -1.05. The van der Waals surface area contributed by atoms with Crippen LogP contribution in [0.5, 0.6) is 0 Å². The van der Waals surface area contributed by atoms with Crippen LogP contribution >= 0.6 is 0 Å². The number of rotatable bonds is 2. The van der Waals surface area contributed by atoms with Gasteiger partial charge in [-0.2, -0.15) is 0 Å². The van der Waals surface area contributed by atoms with E-state index in [4.69, 9.17) is 4.42 Å². The molecule has 4 heteroatoms. The summed E-state index contributed by atoms with van der Waals surface area (Å²) in [4.78, 5) is 0. The van der Waals surface area contributed by atoms with Crippen molar-refractivity contribution in [1.82, 2.24) is 4.72 Å². The van der Waals surface area contributed by atoms with Crippen molar-refractivity contribution in [3.8, 4) is 0 Å². The first-order chi connectivity index (χ1) is 9.47. The van der Waals surface area contributed by atoms with Gasteiger partial charge in [-0.25, -0.2) is 0 Å². The molecule has 1 unspecified atom stereocenters. The fourth-order valence-corrected chi connectivity index (χ4v) is 3.65. The molecule has 0 aliphatic heterocycles. The Labute approximate surface area is 123 Å². The maximum absolute atomic E-state index is 12.4. The van der Waals surface area contributed by atoms with Gasteiger partial charge in [0.1, 0.15) is 10.3 Å². The highest BCUT2D eigenvalue weighted by atomic mass is 32.2. The van der Waals surface area contributed by atoms with Gasteiger partial charge in [-0.3, -0.25) is 0 Å². The van der Waals surface area contributed by atoms with Gasteiger partial charge in [0.25, 0.3) is 0 Å². The second-order valence-electron chi connectivity index (χ2n) is 6.41. The predicted molar refractivity (Wildman–Crippen MR) is 82.9 cm³/mol. The molecule has 1 aromatic carbocycles. The van der Waals surface area contributed by atoms with E-state index in [1.165, 1.54) is 11.1 Å². The van der Waals surface area contributed by atoms with Crippen LogP contribution in [0.15, 0.2) is 28.9 Å². The molecule has 1 N–H and O–H groups in total. The van der Waals surface area contributed by atoms with E-state index in [9.17, 15) is 4.55 Å². The number of nitrogens with one attached hydrogen (secondary N) is 1. The van der Waals surface area contributed by atoms with Crippen LogP contribution in [0.4, 0.5) is 0 Å². The van der Waals surface area contributed by atoms with E-state index in [1.807, 2.05) is 32.9 Å². The zero-order valence-electron chi connectivity index (χ0n) is 12.2. The Balaban J connectivity index is 1.98. The Kier molecular flexibility index (Phi) is 3.56. The maximum Gasteiger partial charge on any atom is 0.136 e. The zero-order valence-corrected chi connectivity index (χ0v) is 13.0. The van der Waals surface area contributed by atoms with Crippen LogP contribution < -0.4 is 4.72 Å². The SMILES string of the molecule is CC(C)(C)[S+]([O-])N[C@@H]1CCCc2ccc3occc3c21. The van der Waals surface area contributed by atoms with Crippen molar-refractivity contribution in [1.29, 1.82) is 0 Å². The van der Waals surface area contributed by atoms with Gasteiger partial charge >= 0.3 is 0 Å². The lowest BCUT2D eigenvalue weighted by atomic mass is 9.86. The molecule has 108 valence electrons. The average molecular weight is 291 g/mol. The lowest BCUT2D eigenvalue weighted by molar-refractivity contribution is 0.491. The van der Waals surface area contributed by atoms with Gasteiger partial charge in [0.2, 0.25) is 0 Å². The molecule has 0 amide bonds. The minimum absolute atomic E-state index is 0.153. The van der Waals surface area contributed by atoms with Gasteiger partial charge in [0.05, 0.1) is 12.3 Å². The molecule has 0 radical (unpaired) electrons. The molecule has 0 fully saturated rings. The van der Waals surface area contributed by atoms with E-state index in [1.54, 1.807) is 6.26 Å². The number of hydrogen-bond donors (Lipinski definition) is 1. The molecule has 2 atom stereocenters. The molecular formula is C16H21NO2S. The molecular weight excluding hydrogens is 270 g/mol. The molecule has 2 aromatic rings. The van der Waals surface area contributed by atoms with Crippen molar-refractivity contribution >= 4 is 22.3 Å². The minimum Gasteiger partial charge on any atom is -0.598 e. The molecule has 0 spiro atoms. The molecule has 0 bridgehead atoms. The van der Waals surface area contributed by atoms with Crippen molar-refractivity contribution in [3.63, 3.8) is 0 Å². The summed E-state index contributed by atoms with van der Waals surface area (Å²) < 4.78 is 21.0. The first-order valence-corrected chi connectivity index (χ1v) is 8.29. The van der Waals surface area contributed by atoms with Crippen LogP contribution in [0.1, 0.15) is 50.8 Å². The van der Waals surface area contributed by atoms with Crippen molar-refractivity contribution in [2.45, 2.75) is 50.8 Å². The summed E-state index contributed by atoms with van der Waals surface area (Å²) in [7, 11) is 0. The molecule has 3 rings (SSSR count). The number of furan rings is 1. The quantitative estimate of drug-likeness (QED) is 0.855. The van der Waals surface area contributed by atoms with Crippen molar-refractivity contribution in [3.05, 3.63) is 35.6 Å². The second-order valence-corrected chi connectivity index (χ2v) is 8.41. The van der Waals surface area contributed by atoms with Crippen LogP contribution in [-0.4, -0.2) is 9.30 Å².